The molecule has 138 valence electrons. The number of hydrogen-bond donors (Lipinski definition) is 0. The van der Waals surface area contributed by atoms with Gasteiger partial charge in [0.1, 0.15) is 0 Å². The number of hydrogen-bond acceptors (Lipinski definition) is 5. The number of ether oxygens (including phenoxy) is 2. The van der Waals surface area contributed by atoms with Crippen LogP contribution in [-0.2, 0) is 19.5 Å². The van der Waals surface area contributed by atoms with Gasteiger partial charge in [-0.25, -0.2) is 0 Å². The molecule has 0 fully saturated rings. The van der Waals surface area contributed by atoms with Crippen LogP contribution in [0.5, 0.6) is 11.5 Å². The van der Waals surface area contributed by atoms with E-state index in [1.54, 1.807) is 20.3 Å². The van der Waals surface area contributed by atoms with Gasteiger partial charge < -0.3 is 9.47 Å². The van der Waals surface area contributed by atoms with Crippen molar-refractivity contribution in [2.24, 2.45) is 0 Å². The van der Waals surface area contributed by atoms with Gasteiger partial charge in [-0.3, -0.25) is 15.0 Å². The van der Waals surface area contributed by atoms with Gasteiger partial charge in [-0.1, -0.05) is 0 Å². The van der Waals surface area contributed by atoms with Crippen molar-refractivity contribution in [2.45, 2.75) is 33.4 Å². The van der Waals surface area contributed by atoms with Gasteiger partial charge in [0.15, 0.2) is 11.5 Å². The summed E-state index contributed by atoms with van der Waals surface area (Å²) in [4.78, 5) is 13.4. The highest BCUT2D eigenvalue weighted by atomic mass is 16.6. The first-order valence-electron chi connectivity index (χ1n) is 8.63. The van der Waals surface area contributed by atoms with E-state index < -0.39 is 0 Å². The lowest BCUT2D eigenvalue weighted by Gasteiger charge is -2.29. The zero-order valence-corrected chi connectivity index (χ0v) is 15.7. The van der Waals surface area contributed by atoms with Crippen LogP contribution in [0.15, 0.2) is 24.3 Å². The topological polar surface area (TPSA) is 64.8 Å². The number of aryl methyl sites for hydroxylation is 2. The Labute approximate surface area is 153 Å². The third-order valence-corrected chi connectivity index (χ3v) is 5.08. The smallest absolute Gasteiger partial charge is 0.274 e. The molecule has 0 aromatic heterocycles. The zero-order chi connectivity index (χ0) is 18.8. The maximum Gasteiger partial charge on any atom is 0.274 e. The second-order valence-electron chi connectivity index (χ2n) is 6.76. The average Bonchev–Trinajstić information content (AvgIpc) is 2.63. The minimum atomic E-state index is -0.284. The van der Waals surface area contributed by atoms with E-state index in [0.717, 1.165) is 42.0 Å². The highest BCUT2D eigenvalue weighted by Gasteiger charge is 2.23. The van der Waals surface area contributed by atoms with Crippen molar-refractivity contribution >= 4 is 5.69 Å². The lowest BCUT2D eigenvalue weighted by atomic mass is 9.97. The lowest BCUT2D eigenvalue weighted by Crippen LogP contribution is -2.30. The van der Waals surface area contributed by atoms with Gasteiger partial charge >= 0.3 is 0 Å². The summed E-state index contributed by atoms with van der Waals surface area (Å²) in [6.45, 7) is 6.05. The molecule has 6 nitrogen and oxygen atoms in total. The fourth-order valence-electron chi connectivity index (χ4n) is 3.47. The summed E-state index contributed by atoms with van der Waals surface area (Å²) < 4.78 is 10.8. The van der Waals surface area contributed by atoms with Crippen molar-refractivity contribution in [3.63, 3.8) is 0 Å². The molecular weight excluding hydrogens is 332 g/mol. The Balaban J connectivity index is 1.86. The first-order valence-corrected chi connectivity index (χ1v) is 8.63. The standard InChI is InChI=1S/C20H24N2O4/c1-13-7-17(18(22(23)24)8-14(13)2)12-21-6-5-15-9-19(25-3)20(26-4)10-16(15)11-21/h7-10H,5-6,11-12H2,1-4H3. The molecule has 3 rings (SSSR count). The number of benzene rings is 2. The van der Waals surface area contributed by atoms with E-state index in [-0.39, 0.29) is 10.6 Å². The maximum atomic E-state index is 11.4. The fourth-order valence-corrected chi connectivity index (χ4v) is 3.47. The summed E-state index contributed by atoms with van der Waals surface area (Å²) in [6.07, 6.45) is 0.883. The van der Waals surface area contributed by atoms with Gasteiger partial charge in [0.2, 0.25) is 0 Å². The number of nitrogens with zero attached hydrogens (tertiary/aromatic N) is 2. The summed E-state index contributed by atoms with van der Waals surface area (Å²) in [5, 5.41) is 11.4. The molecule has 1 aliphatic heterocycles. The number of methoxy groups -OCH3 is 2. The van der Waals surface area contributed by atoms with Crippen LogP contribution in [0.25, 0.3) is 0 Å². The zero-order valence-electron chi connectivity index (χ0n) is 15.7. The molecule has 0 spiro atoms. The largest absolute Gasteiger partial charge is 0.493 e. The van der Waals surface area contributed by atoms with Crippen LogP contribution in [0.3, 0.4) is 0 Å². The predicted octanol–water partition coefficient (Wildman–Crippen LogP) is 3.79. The number of fused-ring (bicyclic) bond motifs is 1. The maximum absolute atomic E-state index is 11.4. The first kappa shape index (κ1) is 18.2. The molecule has 0 radical (unpaired) electrons. The van der Waals surface area contributed by atoms with Gasteiger partial charge in [0.25, 0.3) is 5.69 Å². The molecule has 2 aromatic rings. The molecule has 0 atom stereocenters. The van der Waals surface area contributed by atoms with Crippen molar-refractivity contribution in [3.8, 4) is 11.5 Å². The van der Waals surface area contributed by atoms with Crippen LogP contribution >= 0.6 is 0 Å². The Bertz CT molecular complexity index is 848. The van der Waals surface area contributed by atoms with Crippen molar-refractivity contribution in [1.82, 2.24) is 4.90 Å². The molecule has 0 amide bonds. The van der Waals surface area contributed by atoms with Gasteiger partial charge in [-0.2, -0.15) is 0 Å². The molecule has 0 unspecified atom stereocenters. The average molecular weight is 356 g/mol. The quantitative estimate of drug-likeness (QED) is 0.602. The van der Waals surface area contributed by atoms with E-state index in [9.17, 15) is 10.1 Å². The van der Waals surface area contributed by atoms with Crippen LogP contribution < -0.4 is 9.47 Å². The van der Waals surface area contributed by atoms with E-state index in [2.05, 4.69) is 4.90 Å². The SMILES string of the molecule is COc1cc2c(cc1OC)CN(Cc1cc(C)c(C)cc1[N+](=O)[O-])CC2. The number of rotatable bonds is 5. The van der Waals surface area contributed by atoms with Crippen molar-refractivity contribution in [1.29, 1.82) is 0 Å². The summed E-state index contributed by atoms with van der Waals surface area (Å²) >= 11 is 0. The van der Waals surface area contributed by atoms with Gasteiger partial charge in [0, 0.05) is 31.3 Å². The first-order chi connectivity index (χ1) is 12.4. The Kier molecular flexibility index (Phi) is 5.13. The monoisotopic (exact) mass is 356 g/mol. The highest BCUT2D eigenvalue weighted by molar-refractivity contribution is 5.49. The third-order valence-electron chi connectivity index (χ3n) is 5.08. The van der Waals surface area contributed by atoms with Gasteiger partial charge in [-0.05, 0) is 60.7 Å². The Morgan fingerprint density at radius 2 is 1.65 bits per heavy atom. The summed E-state index contributed by atoms with van der Waals surface area (Å²) in [6, 6.07) is 7.66. The molecule has 0 aliphatic carbocycles. The van der Waals surface area contributed by atoms with Crippen LogP contribution in [0.1, 0.15) is 27.8 Å². The predicted molar refractivity (Wildman–Crippen MR) is 99.9 cm³/mol. The molecule has 0 bridgehead atoms. The van der Waals surface area contributed by atoms with E-state index in [1.807, 2.05) is 32.0 Å². The van der Waals surface area contributed by atoms with Crippen LogP contribution in [-0.4, -0.2) is 30.6 Å². The number of nitro groups is 1. The van der Waals surface area contributed by atoms with Gasteiger partial charge in [0.05, 0.1) is 19.1 Å². The normalized spacial score (nSPS) is 14.0. The Morgan fingerprint density at radius 3 is 2.27 bits per heavy atom. The second-order valence-corrected chi connectivity index (χ2v) is 6.76. The minimum Gasteiger partial charge on any atom is -0.493 e. The van der Waals surface area contributed by atoms with Crippen LogP contribution in [0.2, 0.25) is 0 Å². The lowest BCUT2D eigenvalue weighted by molar-refractivity contribution is -0.385. The summed E-state index contributed by atoms with van der Waals surface area (Å²) in [7, 11) is 3.27. The fraction of sp³-hybridized carbons (Fsp3) is 0.400. The molecule has 0 N–H and O–H groups in total. The van der Waals surface area contributed by atoms with Crippen molar-refractivity contribution in [2.75, 3.05) is 20.8 Å². The molecule has 1 heterocycles. The summed E-state index contributed by atoms with van der Waals surface area (Å²) in [5.41, 5.74) is 5.41. The molecule has 0 saturated carbocycles. The van der Waals surface area contributed by atoms with Crippen LogP contribution in [0, 0.1) is 24.0 Å². The van der Waals surface area contributed by atoms with E-state index in [4.69, 9.17) is 9.47 Å². The highest BCUT2D eigenvalue weighted by Crippen LogP contribution is 2.34. The molecule has 2 aromatic carbocycles. The molecule has 1 aliphatic rings. The van der Waals surface area contributed by atoms with Crippen molar-refractivity contribution in [3.05, 3.63) is 62.2 Å². The second kappa shape index (κ2) is 7.33. The molecule has 0 saturated heterocycles. The third kappa shape index (κ3) is 3.51. The van der Waals surface area contributed by atoms with E-state index in [0.29, 0.717) is 12.3 Å². The van der Waals surface area contributed by atoms with Gasteiger partial charge in [-0.15, -0.1) is 0 Å². The van der Waals surface area contributed by atoms with Crippen molar-refractivity contribution < 1.29 is 14.4 Å². The molecular formula is C20H24N2O4. The molecule has 26 heavy (non-hydrogen) atoms. The van der Waals surface area contributed by atoms with Crippen LogP contribution in [0.4, 0.5) is 5.69 Å². The van der Waals surface area contributed by atoms with E-state index in [1.165, 1.54) is 11.1 Å². The Hall–Kier alpha value is -2.60. The Morgan fingerprint density at radius 1 is 1.04 bits per heavy atom. The van der Waals surface area contributed by atoms with E-state index >= 15 is 0 Å². The summed E-state index contributed by atoms with van der Waals surface area (Å²) in [5.74, 6) is 1.45. The molecule has 6 heteroatoms. The minimum absolute atomic E-state index is 0.200. The number of nitro benzene ring substituents is 1.